The van der Waals surface area contributed by atoms with Crippen molar-refractivity contribution in [2.45, 2.75) is 57.4 Å². The first kappa shape index (κ1) is 21.4. The minimum Gasteiger partial charge on any atom is -0.598 e. The second kappa shape index (κ2) is 8.00. The average molecular weight is 430 g/mol. The molecule has 1 fully saturated rings. The van der Waals surface area contributed by atoms with Gasteiger partial charge in [0.15, 0.2) is 0 Å². The number of nitrogens with zero attached hydrogens (tertiary/aromatic N) is 3. The van der Waals surface area contributed by atoms with E-state index in [1.54, 1.807) is 0 Å². The molecule has 0 amide bonds. The summed E-state index contributed by atoms with van der Waals surface area (Å²) in [6.07, 6.45) is 4.32. The van der Waals surface area contributed by atoms with Crippen molar-refractivity contribution in [2.75, 3.05) is 23.7 Å². The smallest absolute Gasteiger partial charge is 0.139 e. The summed E-state index contributed by atoms with van der Waals surface area (Å²) in [5.74, 6) is 1.05. The molecule has 1 unspecified atom stereocenters. The zero-order chi connectivity index (χ0) is 21.5. The highest BCUT2D eigenvalue weighted by Gasteiger charge is 2.50. The maximum Gasteiger partial charge on any atom is 0.139 e. The highest BCUT2D eigenvalue weighted by Crippen LogP contribution is 2.53. The van der Waals surface area contributed by atoms with Crippen molar-refractivity contribution < 1.29 is 9.66 Å². The minimum atomic E-state index is -1.15. The normalized spacial score (nSPS) is 21.6. The molecule has 1 aromatic heterocycles. The van der Waals surface area contributed by atoms with Gasteiger partial charge in [0.25, 0.3) is 0 Å². The van der Waals surface area contributed by atoms with E-state index in [0.29, 0.717) is 11.4 Å². The van der Waals surface area contributed by atoms with Crippen LogP contribution >= 0.6 is 0 Å². The first-order chi connectivity index (χ1) is 14.2. The monoisotopic (exact) mass is 429 g/mol. The van der Waals surface area contributed by atoms with Crippen LogP contribution in [0.1, 0.15) is 56.3 Å². The van der Waals surface area contributed by atoms with Gasteiger partial charge in [0.2, 0.25) is 0 Å². The number of benzene rings is 1. The molecule has 7 nitrogen and oxygen atoms in total. The minimum absolute atomic E-state index is 0.0129. The lowest BCUT2D eigenvalue weighted by Crippen LogP contribution is -2.50. The lowest BCUT2D eigenvalue weighted by atomic mass is 9.73. The molecule has 1 aliphatic carbocycles. The van der Waals surface area contributed by atoms with E-state index in [1.807, 2.05) is 20.8 Å². The third kappa shape index (κ3) is 3.77. The van der Waals surface area contributed by atoms with E-state index < -0.39 is 11.4 Å². The van der Waals surface area contributed by atoms with Crippen molar-refractivity contribution in [3.05, 3.63) is 47.3 Å². The van der Waals surface area contributed by atoms with Gasteiger partial charge in [0, 0.05) is 29.9 Å². The highest BCUT2D eigenvalue weighted by atomic mass is 32.2. The van der Waals surface area contributed by atoms with E-state index in [2.05, 4.69) is 43.9 Å². The van der Waals surface area contributed by atoms with Gasteiger partial charge < -0.3 is 20.3 Å². The van der Waals surface area contributed by atoms with Gasteiger partial charge in [-0.1, -0.05) is 24.3 Å². The Labute approximate surface area is 181 Å². The topological polar surface area (TPSA) is 110 Å². The van der Waals surface area contributed by atoms with Crippen molar-refractivity contribution >= 4 is 23.0 Å². The van der Waals surface area contributed by atoms with Crippen LogP contribution in [0.3, 0.4) is 0 Å². The Kier molecular flexibility index (Phi) is 5.69. The molecule has 0 radical (unpaired) electrons. The van der Waals surface area contributed by atoms with Crippen LogP contribution in [0.25, 0.3) is 0 Å². The summed E-state index contributed by atoms with van der Waals surface area (Å²) in [6.45, 7) is 7.44. The van der Waals surface area contributed by atoms with Gasteiger partial charge in [0.05, 0.1) is 18.2 Å². The summed E-state index contributed by atoms with van der Waals surface area (Å²) in [5.41, 5.74) is 9.16. The largest absolute Gasteiger partial charge is 0.598 e. The SMILES string of the molecule is CC(C)(C)[S+]([O-])N[C@@H]1c2ccccc2CC12CCN(c1ncnc(N)c1CO)CC2. The fraction of sp³-hybridized carbons (Fsp3) is 0.545. The summed E-state index contributed by atoms with van der Waals surface area (Å²) >= 11 is -1.15. The predicted octanol–water partition coefficient (Wildman–Crippen LogP) is 2.49. The Morgan fingerprint density at radius 2 is 1.97 bits per heavy atom. The molecule has 2 aliphatic rings. The van der Waals surface area contributed by atoms with Crippen LogP contribution < -0.4 is 15.4 Å². The zero-order valence-corrected chi connectivity index (χ0v) is 18.7. The Morgan fingerprint density at radius 3 is 2.63 bits per heavy atom. The van der Waals surface area contributed by atoms with Crippen LogP contribution in [-0.4, -0.2) is 37.5 Å². The molecule has 8 heteroatoms. The Balaban J connectivity index is 1.59. The summed E-state index contributed by atoms with van der Waals surface area (Å²) in [5, 5.41) is 9.74. The molecule has 1 spiro atoms. The lowest BCUT2D eigenvalue weighted by molar-refractivity contribution is 0.175. The number of anilines is 2. The molecule has 1 aliphatic heterocycles. The third-order valence-corrected chi connectivity index (χ3v) is 8.04. The second-order valence-electron chi connectivity index (χ2n) is 9.38. The van der Waals surface area contributed by atoms with Crippen LogP contribution in [0.5, 0.6) is 0 Å². The van der Waals surface area contributed by atoms with Crippen molar-refractivity contribution in [1.29, 1.82) is 0 Å². The van der Waals surface area contributed by atoms with Crippen molar-refractivity contribution in [3.63, 3.8) is 0 Å². The highest BCUT2D eigenvalue weighted by molar-refractivity contribution is 7.90. The van der Waals surface area contributed by atoms with E-state index in [9.17, 15) is 9.66 Å². The molecule has 1 saturated heterocycles. The van der Waals surface area contributed by atoms with Gasteiger partial charge in [-0.3, -0.25) is 0 Å². The molecule has 4 rings (SSSR count). The van der Waals surface area contributed by atoms with Crippen LogP contribution in [0.4, 0.5) is 11.6 Å². The summed E-state index contributed by atoms with van der Waals surface area (Å²) < 4.78 is 16.2. The number of nitrogen functional groups attached to an aromatic ring is 1. The fourth-order valence-electron chi connectivity index (χ4n) is 4.73. The number of hydrogen-bond donors (Lipinski definition) is 3. The fourth-order valence-corrected chi connectivity index (χ4v) is 5.67. The van der Waals surface area contributed by atoms with Crippen molar-refractivity contribution in [3.8, 4) is 0 Å². The van der Waals surface area contributed by atoms with Gasteiger partial charge in [-0.05, 0) is 51.2 Å². The molecule has 0 bridgehead atoms. The molecule has 30 heavy (non-hydrogen) atoms. The number of fused-ring (bicyclic) bond motifs is 1. The molecular weight excluding hydrogens is 398 g/mol. The summed E-state index contributed by atoms with van der Waals surface area (Å²) in [4.78, 5) is 10.6. The van der Waals surface area contributed by atoms with E-state index in [-0.39, 0.29) is 22.8 Å². The average Bonchev–Trinajstić information content (AvgIpc) is 3.00. The van der Waals surface area contributed by atoms with Gasteiger partial charge >= 0.3 is 0 Å². The number of hydrogen-bond acceptors (Lipinski definition) is 7. The van der Waals surface area contributed by atoms with Crippen molar-refractivity contribution in [2.24, 2.45) is 5.41 Å². The molecule has 4 N–H and O–H groups in total. The number of aliphatic hydroxyl groups is 1. The number of rotatable bonds is 4. The van der Waals surface area contributed by atoms with Gasteiger partial charge in [0.1, 0.15) is 22.7 Å². The molecule has 2 heterocycles. The number of nitrogens with two attached hydrogens (primary N) is 1. The maximum absolute atomic E-state index is 13.0. The summed E-state index contributed by atoms with van der Waals surface area (Å²) in [7, 11) is 0. The molecular formula is C22H31N5O2S. The predicted molar refractivity (Wildman–Crippen MR) is 120 cm³/mol. The number of aliphatic hydroxyl groups excluding tert-OH is 1. The molecule has 2 aromatic rings. The van der Waals surface area contributed by atoms with Crippen LogP contribution in [-0.2, 0) is 24.4 Å². The Morgan fingerprint density at radius 1 is 1.27 bits per heavy atom. The van der Waals surface area contributed by atoms with Crippen LogP contribution in [0.2, 0.25) is 0 Å². The van der Waals surface area contributed by atoms with E-state index >= 15 is 0 Å². The van der Waals surface area contributed by atoms with Crippen LogP contribution in [0.15, 0.2) is 30.6 Å². The first-order valence-corrected chi connectivity index (χ1v) is 11.6. The standard InChI is InChI=1S/C22H31N5O2S/c1-21(2,3)30(29)26-18-16-7-5-4-6-15(16)12-22(18)8-10-27(11-9-22)20-17(13-28)19(23)24-14-25-20/h4-7,14,18,26,28H,8-13H2,1-3H3,(H2,23,24,25)/t18-,30?/m1/s1. The van der Waals surface area contributed by atoms with Crippen molar-refractivity contribution in [1.82, 2.24) is 14.7 Å². The van der Waals surface area contributed by atoms with Gasteiger partial charge in [-0.2, -0.15) is 0 Å². The van der Waals surface area contributed by atoms with Gasteiger partial charge in [-0.15, -0.1) is 4.72 Å². The third-order valence-electron chi connectivity index (χ3n) is 6.47. The van der Waals surface area contributed by atoms with Crippen LogP contribution in [0, 0.1) is 5.41 Å². The lowest BCUT2D eigenvalue weighted by Gasteiger charge is -2.44. The maximum atomic E-state index is 13.0. The number of piperidine rings is 1. The quantitative estimate of drug-likeness (QED) is 0.640. The van der Waals surface area contributed by atoms with E-state index in [4.69, 9.17) is 5.73 Å². The number of aromatic nitrogens is 2. The Bertz CT molecular complexity index is 909. The molecule has 0 saturated carbocycles. The summed E-state index contributed by atoms with van der Waals surface area (Å²) in [6, 6.07) is 8.58. The first-order valence-electron chi connectivity index (χ1n) is 10.5. The van der Waals surface area contributed by atoms with E-state index in [1.165, 1.54) is 17.5 Å². The second-order valence-corrected chi connectivity index (χ2v) is 11.4. The molecule has 1 aromatic carbocycles. The zero-order valence-electron chi connectivity index (χ0n) is 17.9. The molecule has 162 valence electrons. The Hall–Kier alpha value is -1.87. The molecule has 2 atom stereocenters. The van der Waals surface area contributed by atoms with E-state index in [0.717, 1.165) is 38.2 Å². The number of nitrogens with one attached hydrogen (secondary N) is 1. The van der Waals surface area contributed by atoms with Gasteiger partial charge in [-0.25, -0.2) is 9.97 Å².